The average Bonchev–Trinajstić information content (AvgIpc) is 2.89. The van der Waals surface area contributed by atoms with E-state index in [4.69, 9.17) is 21.8 Å². The second-order valence-corrected chi connectivity index (χ2v) is 6.42. The van der Waals surface area contributed by atoms with Crippen LogP contribution in [0.15, 0.2) is 28.7 Å². The standard InChI is InChI=1S/C17H22ClN3O/c1-12-16(11-21-7-5-13(10-19)6-8-21)20-17(22-12)14-3-2-4-15(18)9-14/h2-4,9,13H,5-8,10-11,19H2,1H3. The zero-order valence-electron chi connectivity index (χ0n) is 12.9. The molecule has 1 aliphatic rings. The molecule has 0 aliphatic carbocycles. The van der Waals surface area contributed by atoms with Crippen LogP contribution in [-0.4, -0.2) is 29.5 Å². The van der Waals surface area contributed by atoms with E-state index in [2.05, 4.69) is 9.88 Å². The molecule has 5 heteroatoms. The van der Waals surface area contributed by atoms with Crippen LogP contribution in [0.1, 0.15) is 24.3 Å². The Balaban J connectivity index is 1.70. The molecule has 1 fully saturated rings. The van der Waals surface area contributed by atoms with Crippen LogP contribution in [0.2, 0.25) is 5.02 Å². The van der Waals surface area contributed by atoms with Gasteiger partial charge in [-0.05, 0) is 63.5 Å². The van der Waals surface area contributed by atoms with E-state index >= 15 is 0 Å². The third kappa shape index (κ3) is 3.51. The van der Waals surface area contributed by atoms with Gasteiger partial charge in [-0.15, -0.1) is 0 Å². The number of aryl methyl sites for hydroxylation is 1. The third-order valence-corrected chi connectivity index (χ3v) is 4.61. The van der Waals surface area contributed by atoms with E-state index in [1.807, 2.05) is 31.2 Å². The van der Waals surface area contributed by atoms with E-state index in [9.17, 15) is 0 Å². The molecule has 0 saturated carbocycles. The van der Waals surface area contributed by atoms with E-state index in [0.717, 1.165) is 43.2 Å². The fourth-order valence-corrected chi connectivity index (χ4v) is 3.10. The van der Waals surface area contributed by atoms with Gasteiger partial charge in [-0.1, -0.05) is 17.7 Å². The first-order valence-electron chi connectivity index (χ1n) is 7.80. The van der Waals surface area contributed by atoms with E-state index in [-0.39, 0.29) is 0 Å². The molecule has 1 aromatic heterocycles. The van der Waals surface area contributed by atoms with Crippen molar-refractivity contribution < 1.29 is 4.42 Å². The number of oxazole rings is 1. The molecule has 0 bridgehead atoms. The summed E-state index contributed by atoms with van der Waals surface area (Å²) < 4.78 is 5.82. The van der Waals surface area contributed by atoms with Crippen molar-refractivity contribution >= 4 is 11.6 Å². The maximum Gasteiger partial charge on any atom is 0.226 e. The van der Waals surface area contributed by atoms with Gasteiger partial charge in [0.2, 0.25) is 5.89 Å². The Morgan fingerprint density at radius 2 is 2.14 bits per heavy atom. The van der Waals surface area contributed by atoms with Crippen molar-refractivity contribution in [3.8, 4) is 11.5 Å². The molecule has 22 heavy (non-hydrogen) atoms. The summed E-state index contributed by atoms with van der Waals surface area (Å²) in [5, 5.41) is 0.693. The smallest absolute Gasteiger partial charge is 0.226 e. The SMILES string of the molecule is Cc1oc(-c2cccc(Cl)c2)nc1CN1CCC(CN)CC1. The molecule has 1 aliphatic heterocycles. The summed E-state index contributed by atoms with van der Waals surface area (Å²) in [5.74, 6) is 2.21. The van der Waals surface area contributed by atoms with Gasteiger partial charge in [0.1, 0.15) is 5.76 Å². The first-order valence-corrected chi connectivity index (χ1v) is 8.18. The fraction of sp³-hybridized carbons (Fsp3) is 0.471. The summed E-state index contributed by atoms with van der Waals surface area (Å²) in [7, 11) is 0. The van der Waals surface area contributed by atoms with Gasteiger partial charge in [-0.25, -0.2) is 4.98 Å². The molecule has 0 amide bonds. The Bertz CT molecular complexity index is 633. The number of nitrogens with zero attached hydrogens (tertiary/aromatic N) is 2. The van der Waals surface area contributed by atoms with Crippen LogP contribution >= 0.6 is 11.6 Å². The van der Waals surface area contributed by atoms with Crippen LogP contribution in [0.5, 0.6) is 0 Å². The molecular weight excluding hydrogens is 298 g/mol. The van der Waals surface area contributed by atoms with Crippen molar-refractivity contribution in [3.63, 3.8) is 0 Å². The molecular formula is C17H22ClN3O. The van der Waals surface area contributed by atoms with Gasteiger partial charge >= 0.3 is 0 Å². The van der Waals surface area contributed by atoms with Gasteiger partial charge in [-0.3, -0.25) is 4.90 Å². The monoisotopic (exact) mass is 319 g/mol. The number of piperidine rings is 1. The second-order valence-electron chi connectivity index (χ2n) is 5.99. The zero-order chi connectivity index (χ0) is 15.5. The number of halogens is 1. The number of hydrogen-bond acceptors (Lipinski definition) is 4. The highest BCUT2D eigenvalue weighted by atomic mass is 35.5. The molecule has 4 nitrogen and oxygen atoms in total. The van der Waals surface area contributed by atoms with Crippen LogP contribution in [0, 0.1) is 12.8 Å². The van der Waals surface area contributed by atoms with Crippen molar-refractivity contribution in [1.29, 1.82) is 0 Å². The molecule has 2 heterocycles. The highest BCUT2D eigenvalue weighted by Crippen LogP contribution is 2.26. The Labute approximate surface area is 136 Å². The lowest BCUT2D eigenvalue weighted by Crippen LogP contribution is -2.35. The molecule has 0 spiro atoms. The maximum atomic E-state index is 6.04. The summed E-state index contributed by atoms with van der Waals surface area (Å²) in [5.41, 5.74) is 7.68. The Hall–Kier alpha value is -1.36. The summed E-state index contributed by atoms with van der Waals surface area (Å²) in [4.78, 5) is 7.09. The number of likely N-dealkylation sites (tertiary alicyclic amines) is 1. The molecule has 2 aromatic rings. The normalized spacial score (nSPS) is 17.0. The predicted molar refractivity (Wildman–Crippen MR) is 88.7 cm³/mol. The van der Waals surface area contributed by atoms with Crippen LogP contribution in [0.25, 0.3) is 11.5 Å². The molecule has 2 N–H and O–H groups in total. The highest BCUT2D eigenvalue weighted by molar-refractivity contribution is 6.30. The van der Waals surface area contributed by atoms with E-state index < -0.39 is 0 Å². The molecule has 3 rings (SSSR count). The van der Waals surface area contributed by atoms with Crippen molar-refractivity contribution in [3.05, 3.63) is 40.7 Å². The Morgan fingerprint density at radius 1 is 1.36 bits per heavy atom. The number of hydrogen-bond donors (Lipinski definition) is 1. The van der Waals surface area contributed by atoms with Crippen molar-refractivity contribution in [2.45, 2.75) is 26.3 Å². The van der Waals surface area contributed by atoms with Crippen LogP contribution in [0.3, 0.4) is 0 Å². The van der Waals surface area contributed by atoms with Crippen LogP contribution in [0.4, 0.5) is 0 Å². The average molecular weight is 320 g/mol. The van der Waals surface area contributed by atoms with Gasteiger partial charge in [0.15, 0.2) is 0 Å². The summed E-state index contributed by atoms with van der Waals surface area (Å²) in [6, 6.07) is 7.61. The van der Waals surface area contributed by atoms with Crippen molar-refractivity contribution in [2.75, 3.05) is 19.6 Å². The third-order valence-electron chi connectivity index (χ3n) is 4.38. The van der Waals surface area contributed by atoms with Gasteiger partial charge in [0, 0.05) is 17.1 Å². The minimum Gasteiger partial charge on any atom is -0.441 e. The summed E-state index contributed by atoms with van der Waals surface area (Å²) in [6.45, 7) is 5.78. The lowest BCUT2D eigenvalue weighted by molar-refractivity contribution is 0.178. The number of nitrogens with two attached hydrogens (primary N) is 1. The maximum absolute atomic E-state index is 6.04. The van der Waals surface area contributed by atoms with Gasteiger partial charge in [-0.2, -0.15) is 0 Å². The number of rotatable bonds is 4. The van der Waals surface area contributed by atoms with Crippen molar-refractivity contribution in [1.82, 2.24) is 9.88 Å². The molecule has 0 unspecified atom stereocenters. The minimum atomic E-state index is 0.645. The lowest BCUT2D eigenvalue weighted by atomic mass is 9.97. The molecule has 1 saturated heterocycles. The quantitative estimate of drug-likeness (QED) is 0.937. The zero-order valence-corrected chi connectivity index (χ0v) is 13.6. The Morgan fingerprint density at radius 3 is 2.82 bits per heavy atom. The molecule has 1 aromatic carbocycles. The van der Waals surface area contributed by atoms with E-state index in [1.54, 1.807) is 0 Å². The molecule has 0 radical (unpaired) electrons. The lowest BCUT2D eigenvalue weighted by Gasteiger charge is -2.30. The van der Waals surface area contributed by atoms with E-state index in [0.29, 0.717) is 16.8 Å². The number of aromatic nitrogens is 1. The Kier molecular flexibility index (Phi) is 4.81. The first-order chi connectivity index (χ1) is 10.7. The van der Waals surface area contributed by atoms with Gasteiger partial charge in [0.25, 0.3) is 0 Å². The number of benzene rings is 1. The highest BCUT2D eigenvalue weighted by Gasteiger charge is 2.20. The second kappa shape index (κ2) is 6.82. The van der Waals surface area contributed by atoms with Crippen LogP contribution < -0.4 is 5.73 Å². The van der Waals surface area contributed by atoms with E-state index in [1.165, 1.54) is 12.8 Å². The van der Waals surface area contributed by atoms with Gasteiger partial charge < -0.3 is 10.2 Å². The van der Waals surface area contributed by atoms with Gasteiger partial charge in [0.05, 0.1) is 5.69 Å². The minimum absolute atomic E-state index is 0.645. The summed E-state index contributed by atoms with van der Waals surface area (Å²) in [6.07, 6.45) is 2.35. The largest absolute Gasteiger partial charge is 0.441 e. The van der Waals surface area contributed by atoms with Crippen molar-refractivity contribution in [2.24, 2.45) is 11.7 Å². The molecule has 118 valence electrons. The molecule has 0 atom stereocenters. The first kappa shape index (κ1) is 15.5. The van der Waals surface area contributed by atoms with Crippen LogP contribution in [-0.2, 0) is 6.54 Å². The summed E-state index contributed by atoms with van der Waals surface area (Å²) >= 11 is 6.04. The fourth-order valence-electron chi connectivity index (χ4n) is 2.91. The topological polar surface area (TPSA) is 55.3 Å². The predicted octanol–water partition coefficient (Wildman–Crippen LogP) is 3.47.